The quantitative estimate of drug-likeness (QED) is 0.559. The maximum absolute atomic E-state index is 13.8. The number of hydrogen-bond acceptors (Lipinski definition) is 4. The van der Waals surface area contributed by atoms with E-state index in [9.17, 15) is 14.0 Å². The molecule has 5 rings (SSSR count). The summed E-state index contributed by atoms with van der Waals surface area (Å²) in [6, 6.07) is 14.5. The van der Waals surface area contributed by atoms with Crippen LogP contribution in [0.3, 0.4) is 0 Å². The van der Waals surface area contributed by atoms with Crippen molar-refractivity contribution in [1.29, 1.82) is 0 Å². The number of halogens is 1. The highest BCUT2D eigenvalue weighted by molar-refractivity contribution is 5.99. The lowest BCUT2D eigenvalue weighted by Gasteiger charge is -2.43. The van der Waals surface area contributed by atoms with Gasteiger partial charge in [-0.05, 0) is 69.1 Å². The highest BCUT2D eigenvalue weighted by Crippen LogP contribution is 2.36. The van der Waals surface area contributed by atoms with Crippen molar-refractivity contribution in [3.05, 3.63) is 65.6 Å². The summed E-state index contributed by atoms with van der Waals surface area (Å²) < 4.78 is 13.8. The van der Waals surface area contributed by atoms with Crippen molar-refractivity contribution in [2.24, 2.45) is 0 Å². The number of anilines is 1. The number of likely N-dealkylation sites (tertiary alicyclic amines) is 1. The van der Waals surface area contributed by atoms with Crippen molar-refractivity contribution in [3.63, 3.8) is 0 Å². The number of benzene rings is 2. The van der Waals surface area contributed by atoms with Gasteiger partial charge in [0.25, 0.3) is 0 Å². The standard InChI is InChI=1S/C26H29FN4O2/c1-18-7-8-22-19(14-18)15-23(29-22)24(32)6-3-11-30-12-9-26(10-13-30)25(33)28-17-31(26)21-5-2-4-20(27)16-21/h2,4-5,7-8,14-16,29H,3,6,9-13,17H2,1H3,(H,28,33). The number of rotatable bonds is 6. The van der Waals surface area contributed by atoms with Crippen molar-refractivity contribution in [1.82, 2.24) is 15.2 Å². The highest BCUT2D eigenvalue weighted by Gasteiger charge is 2.50. The van der Waals surface area contributed by atoms with Crippen LogP contribution in [0.2, 0.25) is 0 Å². The van der Waals surface area contributed by atoms with E-state index in [1.807, 2.05) is 36.1 Å². The molecule has 0 radical (unpaired) electrons. The molecule has 2 N–H and O–H groups in total. The average Bonchev–Trinajstić information content (AvgIpc) is 3.36. The van der Waals surface area contributed by atoms with Gasteiger partial charge in [0.1, 0.15) is 11.4 Å². The number of nitrogens with zero attached hydrogens (tertiary/aromatic N) is 2. The maximum Gasteiger partial charge on any atom is 0.247 e. The minimum atomic E-state index is -0.622. The fourth-order valence-corrected chi connectivity index (χ4v) is 5.22. The van der Waals surface area contributed by atoms with Crippen molar-refractivity contribution in [2.75, 3.05) is 31.2 Å². The molecule has 3 aromatic rings. The van der Waals surface area contributed by atoms with Gasteiger partial charge in [0.15, 0.2) is 5.78 Å². The fraction of sp³-hybridized carbons (Fsp3) is 0.385. The molecule has 2 aliphatic heterocycles. The van der Waals surface area contributed by atoms with Gasteiger partial charge in [0.05, 0.1) is 12.4 Å². The molecule has 0 aliphatic carbocycles. The van der Waals surface area contributed by atoms with Crippen LogP contribution in [-0.4, -0.2) is 53.4 Å². The first-order chi connectivity index (χ1) is 15.9. The lowest BCUT2D eigenvalue weighted by Crippen LogP contribution is -2.56. The van der Waals surface area contributed by atoms with Gasteiger partial charge in [-0.25, -0.2) is 4.39 Å². The number of hydrogen-bond donors (Lipinski definition) is 2. The Hall–Kier alpha value is -3.19. The third-order valence-electron chi connectivity index (χ3n) is 7.09. The molecule has 33 heavy (non-hydrogen) atoms. The summed E-state index contributed by atoms with van der Waals surface area (Å²) in [5, 5.41) is 4.02. The summed E-state index contributed by atoms with van der Waals surface area (Å²) >= 11 is 0. The molecule has 2 fully saturated rings. The van der Waals surface area contributed by atoms with E-state index in [0.717, 1.165) is 42.6 Å². The van der Waals surface area contributed by atoms with Crippen molar-refractivity contribution < 1.29 is 14.0 Å². The molecule has 1 amide bonds. The number of carbonyl (C=O) groups excluding carboxylic acids is 2. The summed E-state index contributed by atoms with van der Waals surface area (Å²) in [5.41, 5.74) is 2.95. The average molecular weight is 449 g/mol. The predicted octanol–water partition coefficient (Wildman–Crippen LogP) is 4.01. The lowest BCUT2D eigenvalue weighted by molar-refractivity contribution is -0.125. The van der Waals surface area contributed by atoms with Gasteiger partial charge >= 0.3 is 0 Å². The van der Waals surface area contributed by atoms with Gasteiger partial charge in [-0.1, -0.05) is 17.7 Å². The molecule has 0 saturated carbocycles. The minimum absolute atomic E-state index is 0.0237. The van der Waals surface area contributed by atoms with Crippen molar-refractivity contribution in [2.45, 2.75) is 38.1 Å². The number of nitrogens with one attached hydrogen (secondary N) is 2. The summed E-state index contributed by atoms with van der Waals surface area (Å²) in [5.74, 6) is -0.144. The Bertz CT molecular complexity index is 1200. The van der Waals surface area contributed by atoms with E-state index in [4.69, 9.17) is 0 Å². The highest BCUT2D eigenvalue weighted by atomic mass is 19.1. The summed E-state index contributed by atoms with van der Waals surface area (Å²) in [6.07, 6.45) is 2.64. The number of piperidine rings is 1. The molecule has 0 bridgehead atoms. The Morgan fingerprint density at radius 1 is 1.12 bits per heavy atom. The predicted molar refractivity (Wildman–Crippen MR) is 127 cm³/mol. The number of Topliss-reactive ketones (excluding diaryl/α,β-unsaturated/α-hetero) is 1. The summed E-state index contributed by atoms with van der Waals surface area (Å²) in [6.45, 7) is 4.82. The largest absolute Gasteiger partial charge is 0.352 e. The van der Waals surface area contributed by atoms with Crippen LogP contribution in [0.4, 0.5) is 10.1 Å². The second kappa shape index (κ2) is 8.63. The second-order valence-electron chi connectivity index (χ2n) is 9.25. The van der Waals surface area contributed by atoms with Gasteiger partial charge in [0, 0.05) is 36.1 Å². The number of carbonyl (C=O) groups is 2. The second-order valence-corrected chi connectivity index (χ2v) is 9.25. The third-order valence-corrected chi connectivity index (χ3v) is 7.09. The van der Waals surface area contributed by atoms with Crippen LogP contribution in [0, 0.1) is 12.7 Å². The zero-order chi connectivity index (χ0) is 23.0. The van der Waals surface area contributed by atoms with Crippen LogP contribution in [-0.2, 0) is 4.79 Å². The maximum atomic E-state index is 13.8. The zero-order valence-corrected chi connectivity index (χ0v) is 18.9. The van der Waals surface area contributed by atoms with Gasteiger partial charge in [-0.15, -0.1) is 0 Å². The normalized spacial score (nSPS) is 18.2. The SMILES string of the molecule is Cc1ccc2[nH]c(C(=O)CCCN3CCC4(CC3)C(=O)NCN4c3cccc(F)c3)cc2c1. The number of aromatic amines is 1. The van der Waals surface area contributed by atoms with Crippen LogP contribution in [0.1, 0.15) is 41.7 Å². The summed E-state index contributed by atoms with van der Waals surface area (Å²) in [4.78, 5) is 33.0. The lowest BCUT2D eigenvalue weighted by atomic mass is 9.85. The molecule has 0 unspecified atom stereocenters. The molecule has 2 aromatic carbocycles. The van der Waals surface area contributed by atoms with E-state index in [2.05, 4.69) is 21.3 Å². The van der Waals surface area contributed by atoms with E-state index in [-0.39, 0.29) is 17.5 Å². The van der Waals surface area contributed by atoms with E-state index >= 15 is 0 Å². The Labute approximate surface area is 192 Å². The van der Waals surface area contributed by atoms with E-state index in [1.54, 1.807) is 6.07 Å². The number of aromatic nitrogens is 1. The van der Waals surface area contributed by atoms with Crippen LogP contribution in [0.25, 0.3) is 10.9 Å². The molecule has 7 heteroatoms. The Morgan fingerprint density at radius 2 is 1.94 bits per heavy atom. The zero-order valence-electron chi connectivity index (χ0n) is 18.9. The molecular formula is C26H29FN4O2. The molecule has 1 aromatic heterocycles. The van der Waals surface area contributed by atoms with E-state index in [1.165, 1.54) is 17.7 Å². The number of H-pyrrole nitrogens is 1. The van der Waals surface area contributed by atoms with E-state index in [0.29, 0.717) is 31.6 Å². The first kappa shape index (κ1) is 21.6. The Morgan fingerprint density at radius 3 is 2.73 bits per heavy atom. The fourth-order valence-electron chi connectivity index (χ4n) is 5.22. The first-order valence-corrected chi connectivity index (χ1v) is 11.6. The van der Waals surface area contributed by atoms with Crippen molar-refractivity contribution >= 4 is 28.3 Å². The molecule has 2 saturated heterocycles. The van der Waals surface area contributed by atoms with Gasteiger partial charge < -0.3 is 20.1 Å². The molecule has 172 valence electrons. The smallest absolute Gasteiger partial charge is 0.247 e. The van der Waals surface area contributed by atoms with Gasteiger partial charge in [0.2, 0.25) is 5.91 Å². The van der Waals surface area contributed by atoms with Crippen LogP contribution in [0.15, 0.2) is 48.5 Å². The molecule has 1 spiro atoms. The molecular weight excluding hydrogens is 419 g/mol. The summed E-state index contributed by atoms with van der Waals surface area (Å²) in [7, 11) is 0. The molecule has 3 heterocycles. The van der Waals surface area contributed by atoms with Gasteiger partial charge in [-0.3, -0.25) is 9.59 Å². The Kier molecular flexibility index (Phi) is 5.66. The number of ketones is 1. The monoisotopic (exact) mass is 448 g/mol. The van der Waals surface area contributed by atoms with Crippen molar-refractivity contribution in [3.8, 4) is 0 Å². The molecule has 2 aliphatic rings. The topological polar surface area (TPSA) is 68.4 Å². The number of fused-ring (bicyclic) bond motifs is 1. The molecule has 6 nitrogen and oxygen atoms in total. The number of amides is 1. The molecule has 0 atom stereocenters. The van der Waals surface area contributed by atoms with Gasteiger partial charge in [-0.2, -0.15) is 0 Å². The van der Waals surface area contributed by atoms with E-state index < -0.39 is 5.54 Å². The third kappa shape index (κ3) is 4.13. The minimum Gasteiger partial charge on any atom is -0.352 e. The van der Waals surface area contributed by atoms with Crippen LogP contribution in [0.5, 0.6) is 0 Å². The van der Waals surface area contributed by atoms with Crippen LogP contribution < -0.4 is 10.2 Å². The number of aryl methyl sites for hydroxylation is 1. The van der Waals surface area contributed by atoms with Crippen LogP contribution >= 0.6 is 0 Å². The Balaban J connectivity index is 1.16. The first-order valence-electron chi connectivity index (χ1n) is 11.6.